The predicted octanol–water partition coefficient (Wildman–Crippen LogP) is 6.00. The van der Waals surface area contributed by atoms with Gasteiger partial charge in [0, 0.05) is 5.56 Å². The van der Waals surface area contributed by atoms with Gasteiger partial charge in [-0.25, -0.2) is 0 Å². The summed E-state index contributed by atoms with van der Waals surface area (Å²) in [6.45, 7) is 0. The van der Waals surface area contributed by atoms with Gasteiger partial charge in [0.15, 0.2) is 0 Å². The molecular formula is C23H17F6NO. The minimum Gasteiger partial charge on any atom is -0.366 e. The summed E-state index contributed by atoms with van der Waals surface area (Å²) < 4.78 is 76.5. The maximum atomic E-state index is 12.7. The quantitative estimate of drug-likeness (QED) is 0.489. The van der Waals surface area contributed by atoms with Crippen molar-refractivity contribution in [3.8, 4) is 0 Å². The van der Waals surface area contributed by atoms with Crippen LogP contribution in [0.2, 0.25) is 0 Å². The van der Waals surface area contributed by atoms with Crippen molar-refractivity contribution in [2.24, 2.45) is 5.73 Å². The van der Waals surface area contributed by atoms with Crippen LogP contribution in [0.5, 0.6) is 0 Å². The zero-order chi connectivity index (χ0) is 22.8. The van der Waals surface area contributed by atoms with Crippen LogP contribution in [-0.2, 0) is 25.2 Å². The Kier molecular flexibility index (Phi) is 6.10. The van der Waals surface area contributed by atoms with Crippen LogP contribution < -0.4 is 5.73 Å². The van der Waals surface area contributed by atoms with E-state index in [4.69, 9.17) is 5.73 Å². The smallest absolute Gasteiger partial charge is 0.366 e. The molecule has 0 atom stereocenters. The number of carbonyl (C=O) groups is 1. The van der Waals surface area contributed by atoms with Gasteiger partial charge in [0.05, 0.1) is 11.1 Å². The summed E-state index contributed by atoms with van der Waals surface area (Å²) in [5.41, 5.74) is 6.37. The number of alkyl halides is 6. The maximum Gasteiger partial charge on any atom is 0.416 e. The van der Waals surface area contributed by atoms with Gasteiger partial charge in [-0.2, -0.15) is 26.3 Å². The maximum absolute atomic E-state index is 12.7. The molecule has 0 aromatic heterocycles. The first kappa shape index (κ1) is 22.4. The van der Waals surface area contributed by atoms with E-state index in [1.54, 1.807) is 18.2 Å². The molecule has 0 aliphatic heterocycles. The summed E-state index contributed by atoms with van der Waals surface area (Å²) in [5.74, 6) is -0.718. The van der Waals surface area contributed by atoms with Crippen molar-refractivity contribution in [1.29, 1.82) is 0 Å². The second kappa shape index (κ2) is 8.45. The lowest BCUT2D eigenvalue weighted by atomic mass is 9.91. The molecule has 1 amide bonds. The third-order valence-electron chi connectivity index (χ3n) is 4.84. The average molecular weight is 437 g/mol. The Morgan fingerprint density at radius 2 is 1.00 bits per heavy atom. The molecule has 8 heteroatoms. The number of benzene rings is 3. The van der Waals surface area contributed by atoms with Gasteiger partial charge in [0.1, 0.15) is 0 Å². The Balaban J connectivity index is 1.88. The second-order valence-corrected chi connectivity index (χ2v) is 7.06. The van der Waals surface area contributed by atoms with E-state index in [1.165, 1.54) is 24.3 Å². The Morgan fingerprint density at radius 3 is 1.29 bits per heavy atom. The number of primary amides is 1. The fraction of sp³-hybridized carbons (Fsp3) is 0.174. The molecule has 3 aromatic rings. The van der Waals surface area contributed by atoms with Gasteiger partial charge in [-0.3, -0.25) is 4.79 Å². The number of hydrogen-bond acceptors (Lipinski definition) is 1. The van der Waals surface area contributed by atoms with E-state index in [9.17, 15) is 31.1 Å². The van der Waals surface area contributed by atoms with Gasteiger partial charge < -0.3 is 5.73 Å². The molecule has 0 saturated carbocycles. The normalized spacial score (nSPS) is 12.1. The van der Waals surface area contributed by atoms with Crippen LogP contribution in [0, 0.1) is 0 Å². The lowest BCUT2D eigenvalue weighted by Gasteiger charge is -2.14. The summed E-state index contributed by atoms with van der Waals surface area (Å²) >= 11 is 0. The van der Waals surface area contributed by atoms with E-state index in [2.05, 4.69) is 0 Å². The number of amides is 1. The highest BCUT2D eigenvalue weighted by molar-refractivity contribution is 5.96. The molecule has 0 saturated heterocycles. The van der Waals surface area contributed by atoms with Crippen molar-refractivity contribution in [3.05, 3.63) is 106 Å². The van der Waals surface area contributed by atoms with Crippen LogP contribution in [0.3, 0.4) is 0 Å². The molecule has 0 aliphatic rings. The van der Waals surface area contributed by atoms with Gasteiger partial charge in [0.25, 0.3) is 0 Å². The first-order valence-corrected chi connectivity index (χ1v) is 9.18. The molecule has 2 N–H and O–H groups in total. The number of carbonyl (C=O) groups excluding carboxylic acids is 1. The Morgan fingerprint density at radius 1 is 0.645 bits per heavy atom. The van der Waals surface area contributed by atoms with Crippen LogP contribution in [0.4, 0.5) is 26.3 Å². The van der Waals surface area contributed by atoms with Crippen LogP contribution in [0.15, 0.2) is 66.7 Å². The standard InChI is InChI=1S/C23H17F6NO/c24-22(25,26)18-8-4-14(5-9-18)12-16-2-1-3-17(20(16)21(30)31)13-15-6-10-19(11-7-15)23(27,28)29/h1-11H,12-13H2,(H2,30,31). The van der Waals surface area contributed by atoms with E-state index < -0.39 is 29.4 Å². The molecule has 0 radical (unpaired) electrons. The highest BCUT2D eigenvalue weighted by atomic mass is 19.4. The van der Waals surface area contributed by atoms with E-state index in [0.29, 0.717) is 22.3 Å². The topological polar surface area (TPSA) is 43.1 Å². The minimum atomic E-state index is -4.45. The highest BCUT2D eigenvalue weighted by Gasteiger charge is 2.30. The Bertz CT molecular complexity index is 989. The highest BCUT2D eigenvalue weighted by Crippen LogP contribution is 2.31. The van der Waals surface area contributed by atoms with Gasteiger partial charge in [-0.1, -0.05) is 42.5 Å². The summed E-state index contributed by atoms with van der Waals surface area (Å²) in [4.78, 5) is 12.1. The number of rotatable bonds is 5. The number of nitrogens with two attached hydrogens (primary N) is 1. The minimum absolute atomic E-state index is 0.178. The van der Waals surface area contributed by atoms with E-state index in [0.717, 1.165) is 24.3 Å². The van der Waals surface area contributed by atoms with Crippen molar-refractivity contribution in [3.63, 3.8) is 0 Å². The molecule has 0 bridgehead atoms. The van der Waals surface area contributed by atoms with E-state index >= 15 is 0 Å². The summed E-state index contributed by atoms with van der Waals surface area (Å²) in [6.07, 6.45) is -8.54. The molecule has 2 nitrogen and oxygen atoms in total. The monoisotopic (exact) mass is 437 g/mol. The van der Waals surface area contributed by atoms with Gasteiger partial charge >= 0.3 is 12.4 Å². The Hall–Kier alpha value is -3.29. The second-order valence-electron chi connectivity index (χ2n) is 7.06. The molecule has 3 rings (SSSR count). The van der Waals surface area contributed by atoms with Crippen LogP contribution in [0.25, 0.3) is 0 Å². The SMILES string of the molecule is NC(=O)c1c(Cc2ccc(C(F)(F)F)cc2)cccc1Cc1ccc(C(F)(F)F)cc1. The zero-order valence-corrected chi connectivity index (χ0v) is 16.0. The Labute approximate surface area is 174 Å². The third-order valence-corrected chi connectivity index (χ3v) is 4.84. The first-order valence-electron chi connectivity index (χ1n) is 9.18. The van der Waals surface area contributed by atoms with Gasteiger partial charge in [-0.05, 0) is 59.4 Å². The van der Waals surface area contributed by atoms with Crippen LogP contribution in [0.1, 0.15) is 43.7 Å². The molecule has 0 unspecified atom stereocenters. The largest absolute Gasteiger partial charge is 0.416 e. The lowest BCUT2D eigenvalue weighted by molar-refractivity contribution is -0.138. The van der Waals surface area contributed by atoms with Crippen molar-refractivity contribution < 1.29 is 31.1 Å². The fourth-order valence-corrected chi connectivity index (χ4v) is 3.33. The van der Waals surface area contributed by atoms with Crippen molar-refractivity contribution in [2.45, 2.75) is 25.2 Å². The van der Waals surface area contributed by atoms with Crippen molar-refractivity contribution in [1.82, 2.24) is 0 Å². The molecule has 162 valence electrons. The molecule has 0 aliphatic carbocycles. The molecule has 3 aromatic carbocycles. The lowest BCUT2D eigenvalue weighted by Crippen LogP contribution is -2.17. The van der Waals surface area contributed by atoms with Gasteiger partial charge in [-0.15, -0.1) is 0 Å². The number of hydrogen-bond donors (Lipinski definition) is 1. The zero-order valence-electron chi connectivity index (χ0n) is 16.0. The molecule has 0 heterocycles. The summed E-state index contributed by atoms with van der Waals surface area (Å²) in [5, 5.41) is 0. The molecular weight excluding hydrogens is 420 g/mol. The van der Waals surface area contributed by atoms with Crippen LogP contribution >= 0.6 is 0 Å². The van der Waals surface area contributed by atoms with E-state index in [-0.39, 0.29) is 18.4 Å². The summed E-state index contributed by atoms with van der Waals surface area (Å²) in [6, 6.07) is 14.1. The molecule has 0 spiro atoms. The predicted molar refractivity (Wildman–Crippen MR) is 103 cm³/mol. The van der Waals surface area contributed by atoms with E-state index in [1.807, 2.05) is 0 Å². The molecule has 31 heavy (non-hydrogen) atoms. The average Bonchev–Trinajstić information content (AvgIpc) is 2.67. The van der Waals surface area contributed by atoms with Crippen molar-refractivity contribution in [2.75, 3.05) is 0 Å². The first-order chi connectivity index (χ1) is 14.4. The van der Waals surface area contributed by atoms with Crippen LogP contribution in [-0.4, -0.2) is 5.91 Å². The van der Waals surface area contributed by atoms with Gasteiger partial charge in [0.2, 0.25) is 5.91 Å². The third kappa shape index (κ3) is 5.45. The summed E-state index contributed by atoms with van der Waals surface area (Å²) in [7, 11) is 0. The van der Waals surface area contributed by atoms with Crippen molar-refractivity contribution >= 4 is 5.91 Å². The molecule has 0 fully saturated rings. The number of halogens is 6. The fourth-order valence-electron chi connectivity index (χ4n) is 3.33.